The molecule has 11 heavy (non-hydrogen) atoms. The zero-order valence-electron chi connectivity index (χ0n) is 6.15. The minimum absolute atomic E-state index is 0.114. The van der Waals surface area contributed by atoms with Gasteiger partial charge in [0.2, 0.25) is 0 Å². The lowest BCUT2D eigenvalue weighted by Crippen LogP contribution is -2.10. The molecule has 0 aliphatic rings. The van der Waals surface area contributed by atoms with Gasteiger partial charge in [-0.1, -0.05) is 0 Å². The highest BCUT2D eigenvalue weighted by molar-refractivity contribution is 7.09. The molecule has 0 bridgehead atoms. The summed E-state index contributed by atoms with van der Waals surface area (Å²) in [6, 6.07) is 0. The van der Waals surface area contributed by atoms with Gasteiger partial charge in [-0.15, -0.1) is 11.3 Å². The van der Waals surface area contributed by atoms with E-state index >= 15 is 0 Å². The molecule has 0 aromatic carbocycles. The number of nitrogens with zero attached hydrogens (tertiary/aromatic N) is 1. The van der Waals surface area contributed by atoms with Crippen molar-refractivity contribution in [3.8, 4) is 0 Å². The lowest BCUT2D eigenvalue weighted by atomic mass is 10.3. The first kappa shape index (κ1) is 8.61. The molecule has 0 aliphatic carbocycles. The van der Waals surface area contributed by atoms with Crippen molar-refractivity contribution >= 4 is 11.3 Å². The maximum Gasteiger partial charge on any atom is 0.115 e. The molecule has 0 aliphatic heterocycles. The minimum Gasteiger partial charge on any atom is -0.385 e. The third-order valence-electron chi connectivity index (χ3n) is 1.34. The summed E-state index contributed by atoms with van der Waals surface area (Å²) in [5, 5.41) is 9.36. The van der Waals surface area contributed by atoms with Crippen LogP contribution in [-0.4, -0.2) is 16.7 Å². The van der Waals surface area contributed by atoms with Crippen molar-refractivity contribution in [3.05, 3.63) is 16.1 Å². The van der Waals surface area contributed by atoms with E-state index in [1.165, 1.54) is 11.3 Å². The van der Waals surface area contributed by atoms with Gasteiger partial charge in [0.05, 0.1) is 22.7 Å². The average molecular weight is 174 g/mol. The van der Waals surface area contributed by atoms with E-state index in [2.05, 4.69) is 9.82 Å². The van der Waals surface area contributed by atoms with E-state index in [1.54, 1.807) is 5.51 Å². The number of aliphatic hydroxyl groups is 1. The van der Waals surface area contributed by atoms with Gasteiger partial charge < -0.3 is 9.94 Å². The van der Waals surface area contributed by atoms with Crippen LogP contribution in [0.15, 0.2) is 5.51 Å². The number of thiazole rings is 1. The van der Waals surface area contributed by atoms with Crippen molar-refractivity contribution in [3.63, 3.8) is 0 Å². The average Bonchev–Trinajstić information content (AvgIpc) is 2.36. The fourth-order valence-corrected chi connectivity index (χ4v) is 1.57. The molecule has 62 valence electrons. The van der Waals surface area contributed by atoms with Crippen molar-refractivity contribution in [1.29, 1.82) is 0 Å². The van der Waals surface area contributed by atoms with Crippen LogP contribution in [0.2, 0.25) is 0 Å². The lowest BCUT2D eigenvalue weighted by Gasteiger charge is -2.05. The first-order valence-electron chi connectivity index (χ1n) is 3.15. The summed E-state index contributed by atoms with van der Waals surface area (Å²) in [6.45, 7) is 1.95. The third kappa shape index (κ3) is 1.97. The molecule has 1 aromatic heterocycles. The number of aromatic nitrogens is 1. The maximum atomic E-state index is 9.36. The van der Waals surface area contributed by atoms with Gasteiger partial charge in [-0.25, -0.2) is 10.9 Å². The van der Waals surface area contributed by atoms with Gasteiger partial charge in [0, 0.05) is 0 Å². The van der Waals surface area contributed by atoms with E-state index in [1.807, 2.05) is 6.92 Å². The van der Waals surface area contributed by atoms with Crippen molar-refractivity contribution < 1.29 is 9.94 Å². The van der Waals surface area contributed by atoms with Crippen LogP contribution >= 0.6 is 11.3 Å². The summed E-state index contributed by atoms with van der Waals surface area (Å²) in [5.41, 5.74) is 2.52. The predicted molar refractivity (Wildman–Crippen MR) is 42.0 cm³/mol. The summed E-state index contributed by atoms with van der Waals surface area (Å²) in [7, 11) is 0. The Morgan fingerprint density at radius 1 is 1.91 bits per heavy atom. The molecule has 0 fully saturated rings. The lowest BCUT2D eigenvalue weighted by molar-refractivity contribution is 0.0373. The number of hydrogen-bond acceptors (Lipinski definition) is 5. The molecule has 0 saturated carbocycles. The topological polar surface area (TPSA) is 68.4 Å². The quantitative estimate of drug-likeness (QED) is 0.650. The van der Waals surface area contributed by atoms with Crippen molar-refractivity contribution in [2.45, 2.75) is 13.0 Å². The Balaban J connectivity index is 2.67. The largest absolute Gasteiger partial charge is 0.385 e. The normalized spacial score (nSPS) is 13.4. The number of nitrogens with two attached hydrogens (primary N) is 1. The van der Waals surface area contributed by atoms with Gasteiger partial charge in [0.25, 0.3) is 0 Å². The van der Waals surface area contributed by atoms with Crippen LogP contribution in [0.3, 0.4) is 0 Å². The van der Waals surface area contributed by atoms with E-state index in [9.17, 15) is 5.11 Å². The highest BCUT2D eigenvalue weighted by atomic mass is 32.1. The standard InChI is InChI=1S/C6H10N2O2S/c1-4-6(11-3-8-4)5(9)2-10-7/h3,5,9H,2,7H2,1H3. The van der Waals surface area contributed by atoms with Crippen LogP contribution in [0.5, 0.6) is 0 Å². The predicted octanol–water partition coefficient (Wildman–Crippen LogP) is 0.375. The first-order chi connectivity index (χ1) is 5.25. The third-order valence-corrected chi connectivity index (χ3v) is 2.37. The molecular formula is C6H10N2O2S. The number of hydrogen-bond donors (Lipinski definition) is 2. The highest BCUT2D eigenvalue weighted by Crippen LogP contribution is 2.20. The molecule has 1 aromatic rings. The Morgan fingerprint density at radius 3 is 3.09 bits per heavy atom. The second kappa shape index (κ2) is 3.77. The molecule has 0 amide bonds. The van der Waals surface area contributed by atoms with Crippen LogP contribution < -0.4 is 5.90 Å². The van der Waals surface area contributed by atoms with Crippen molar-refractivity contribution in [2.75, 3.05) is 6.61 Å². The van der Waals surface area contributed by atoms with E-state index in [-0.39, 0.29) is 6.61 Å². The maximum absolute atomic E-state index is 9.36. The van der Waals surface area contributed by atoms with Gasteiger partial charge in [-0.05, 0) is 6.92 Å². The number of rotatable bonds is 3. The summed E-state index contributed by atoms with van der Waals surface area (Å²) in [6.07, 6.45) is -0.646. The molecule has 1 unspecified atom stereocenters. The Labute approximate surface area is 68.6 Å². The Kier molecular flexibility index (Phi) is 2.95. The number of aryl methyl sites for hydroxylation is 1. The Morgan fingerprint density at radius 2 is 2.64 bits per heavy atom. The molecule has 1 rings (SSSR count). The molecule has 1 heterocycles. The van der Waals surface area contributed by atoms with Crippen LogP contribution in [-0.2, 0) is 4.84 Å². The fourth-order valence-electron chi connectivity index (χ4n) is 0.798. The van der Waals surface area contributed by atoms with Crippen LogP contribution in [0.25, 0.3) is 0 Å². The Hall–Kier alpha value is -0.490. The molecule has 3 N–H and O–H groups in total. The zero-order chi connectivity index (χ0) is 8.27. The molecular weight excluding hydrogens is 164 g/mol. The second-order valence-corrected chi connectivity index (χ2v) is 3.04. The molecule has 4 nitrogen and oxygen atoms in total. The molecule has 5 heteroatoms. The monoisotopic (exact) mass is 174 g/mol. The molecule has 0 saturated heterocycles. The van der Waals surface area contributed by atoms with Gasteiger partial charge in [0.1, 0.15) is 6.10 Å². The SMILES string of the molecule is Cc1ncsc1C(O)CON. The van der Waals surface area contributed by atoms with Gasteiger partial charge >= 0.3 is 0 Å². The van der Waals surface area contributed by atoms with Gasteiger partial charge in [-0.2, -0.15) is 0 Å². The second-order valence-electron chi connectivity index (χ2n) is 2.15. The minimum atomic E-state index is -0.646. The summed E-state index contributed by atoms with van der Waals surface area (Å²) >= 11 is 1.40. The smallest absolute Gasteiger partial charge is 0.115 e. The van der Waals surface area contributed by atoms with Crippen molar-refractivity contribution in [2.24, 2.45) is 5.90 Å². The first-order valence-corrected chi connectivity index (χ1v) is 4.03. The van der Waals surface area contributed by atoms with E-state index in [0.717, 1.165) is 10.6 Å². The zero-order valence-corrected chi connectivity index (χ0v) is 6.97. The van der Waals surface area contributed by atoms with Crippen molar-refractivity contribution in [1.82, 2.24) is 4.98 Å². The molecule has 1 atom stereocenters. The highest BCUT2D eigenvalue weighted by Gasteiger charge is 2.11. The molecule has 0 spiro atoms. The summed E-state index contributed by atoms with van der Waals surface area (Å²) in [5.74, 6) is 4.81. The van der Waals surface area contributed by atoms with Gasteiger partial charge in [-0.3, -0.25) is 0 Å². The van der Waals surface area contributed by atoms with E-state index in [4.69, 9.17) is 5.90 Å². The van der Waals surface area contributed by atoms with Gasteiger partial charge in [0.15, 0.2) is 0 Å². The van der Waals surface area contributed by atoms with E-state index < -0.39 is 6.10 Å². The van der Waals surface area contributed by atoms with Crippen LogP contribution in [0, 0.1) is 6.92 Å². The number of aliphatic hydroxyl groups excluding tert-OH is 1. The van der Waals surface area contributed by atoms with Crippen LogP contribution in [0.4, 0.5) is 0 Å². The van der Waals surface area contributed by atoms with E-state index in [0.29, 0.717) is 0 Å². The Bertz CT molecular complexity index is 226. The summed E-state index contributed by atoms with van der Waals surface area (Å²) < 4.78 is 0. The van der Waals surface area contributed by atoms with Crippen LogP contribution in [0.1, 0.15) is 16.7 Å². The molecule has 0 radical (unpaired) electrons. The fraction of sp³-hybridized carbons (Fsp3) is 0.500. The summed E-state index contributed by atoms with van der Waals surface area (Å²) in [4.78, 5) is 9.11.